The van der Waals surface area contributed by atoms with Crippen LogP contribution in [0.3, 0.4) is 0 Å². The molecule has 3 aliphatic carbocycles. The summed E-state index contributed by atoms with van der Waals surface area (Å²) < 4.78 is 0. The minimum atomic E-state index is -0.577. The van der Waals surface area contributed by atoms with Crippen molar-refractivity contribution in [2.24, 2.45) is 11.8 Å². The molecule has 2 atom stereocenters. The van der Waals surface area contributed by atoms with Crippen molar-refractivity contribution < 1.29 is 14.4 Å². The van der Waals surface area contributed by atoms with Crippen LogP contribution in [0.5, 0.6) is 0 Å². The molecule has 0 N–H and O–H groups in total. The molecule has 2 bridgehead atoms. The van der Waals surface area contributed by atoms with Gasteiger partial charge < -0.3 is 0 Å². The molecule has 2 amide bonds. The van der Waals surface area contributed by atoms with E-state index in [0.29, 0.717) is 11.3 Å². The van der Waals surface area contributed by atoms with E-state index in [-0.39, 0.29) is 23.5 Å². The summed E-state index contributed by atoms with van der Waals surface area (Å²) in [6.45, 7) is 3.60. The summed E-state index contributed by atoms with van der Waals surface area (Å²) in [5.41, 5.74) is 4.96. The summed E-state index contributed by atoms with van der Waals surface area (Å²) in [5.74, 6) is -1.48. The first-order chi connectivity index (χ1) is 14.9. The molecule has 4 aliphatic rings. The van der Waals surface area contributed by atoms with Crippen LogP contribution in [0.4, 0.5) is 5.69 Å². The quantitative estimate of drug-likeness (QED) is 0.466. The number of ketones is 1. The van der Waals surface area contributed by atoms with E-state index in [0.717, 1.165) is 22.3 Å². The van der Waals surface area contributed by atoms with E-state index in [1.807, 2.05) is 24.3 Å². The maximum atomic E-state index is 13.9. The second-order valence-electron chi connectivity index (χ2n) is 8.98. The first-order valence-electron chi connectivity index (χ1n) is 10.6. The van der Waals surface area contributed by atoms with E-state index >= 15 is 0 Å². The van der Waals surface area contributed by atoms with Gasteiger partial charge in [-0.1, -0.05) is 67.6 Å². The van der Waals surface area contributed by atoms with Crippen molar-refractivity contribution in [2.75, 3.05) is 4.90 Å². The van der Waals surface area contributed by atoms with E-state index in [9.17, 15) is 14.4 Å². The topological polar surface area (TPSA) is 54.5 Å². The Morgan fingerprint density at radius 2 is 1.45 bits per heavy atom. The number of Topliss-reactive ketones (excluding diaryl/α,β-unsaturated/α-hetero) is 1. The Bertz CT molecular complexity index is 1260. The zero-order valence-electron chi connectivity index (χ0n) is 17.3. The smallest absolute Gasteiger partial charge is 0.238 e. The first-order valence-corrected chi connectivity index (χ1v) is 10.6. The van der Waals surface area contributed by atoms with Crippen LogP contribution in [-0.2, 0) is 15.0 Å². The van der Waals surface area contributed by atoms with Gasteiger partial charge in [-0.3, -0.25) is 14.4 Å². The number of imide groups is 1. The van der Waals surface area contributed by atoms with Gasteiger partial charge in [0.1, 0.15) is 0 Å². The Hall–Kier alpha value is -3.53. The van der Waals surface area contributed by atoms with E-state index in [4.69, 9.17) is 0 Å². The van der Waals surface area contributed by atoms with Crippen LogP contribution >= 0.6 is 0 Å². The number of carbonyl (C=O) groups excluding carboxylic acids is 3. The Morgan fingerprint density at radius 1 is 0.839 bits per heavy atom. The normalized spacial score (nSPS) is 27.7. The molecule has 1 aliphatic heterocycles. The summed E-state index contributed by atoms with van der Waals surface area (Å²) in [4.78, 5) is 40.9. The van der Waals surface area contributed by atoms with Gasteiger partial charge in [0, 0.05) is 16.9 Å². The van der Waals surface area contributed by atoms with Crippen LogP contribution in [-0.4, -0.2) is 17.6 Å². The lowest BCUT2D eigenvalue weighted by atomic mass is 9.48. The number of carbonyl (C=O) groups is 3. The molecule has 0 saturated carbocycles. The van der Waals surface area contributed by atoms with Crippen molar-refractivity contribution in [2.45, 2.75) is 25.2 Å². The minimum absolute atomic E-state index is 0.0924. The summed E-state index contributed by atoms with van der Waals surface area (Å²) in [6.07, 6.45) is 0. The molecular formula is C27H21NO3. The summed E-state index contributed by atoms with van der Waals surface area (Å²) in [7, 11) is 0. The molecule has 0 radical (unpaired) electrons. The summed E-state index contributed by atoms with van der Waals surface area (Å²) >= 11 is 0. The van der Waals surface area contributed by atoms with Gasteiger partial charge in [-0.05, 0) is 41.3 Å². The fourth-order valence-electron chi connectivity index (χ4n) is 6.27. The Balaban J connectivity index is 1.58. The molecule has 7 rings (SSSR count). The lowest BCUT2D eigenvalue weighted by molar-refractivity contribution is -0.123. The second-order valence-corrected chi connectivity index (χ2v) is 8.98. The van der Waals surface area contributed by atoms with Gasteiger partial charge in [0.15, 0.2) is 5.78 Å². The van der Waals surface area contributed by atoms with Crippen molar-refractivity contribution in [3.05, 3.63) is 101 Å². The van der Waals surface area contributed by atoms with E-state index in [1.165, 1.54) is 11.8 Å². The van der Waals surface area contributed by atoms with E-state index in [2.05, 4.69) is 31.2 Å². The highest BCUT2D eigenvalue weighted by Crippen LogP contribution is 2.64. The molecule has 4 nitrogen and oxygen atoms in total. The molecule has 1 heterocycles. The van der Waals surface area contributed by atoms with Crippen LogP contribution in [0.25, 0.3) is 0 Å². The molecule has 152 valence electrons. The third-order valence-electron chi connectivity index (χ3n) is 7.55. The maximum absolute atomic E-state index is 13.9. The molecule has 1 fully saturated rings. The molecule has 0 unspecified atom stereocenters. The Morgan fingerprint density at radius 3 is 2.06 bits per heavy atom. The number of nitrogens with zero attached hydrogens (tertiary/aromatic N) is 1. The zero-order valence-corrected chi connectivity index (χ0v) is 17.3. The summed E-state index contributed by atoms with van der Waals surface area (Å²) in [6, 6.07) is 23.3. The number of amides is 2. The number of rotatable bonds is 2. The van der Waals surface area contributed by atoms with Crippen molar-refractivity contribution in [1.82, 2.24) is 0 Å². The van der Waals surface area contributed by atoms with Crippen molar-refractivity contribution in [3.8, 4) is 0 Å². The zero-order chi connectivity index (χ0) is 21.5. The van der Waals surface area contributed by atoms with E-state index < -0.39 is 17.3 Å². The third kappa shape index (κ3) is 2.12. The number of hydrogen-bond donors (Lipinski definition) is 0. The van der Waals surface area contributed by atoms with Crippen LogP contribution < -0.4 is 4.90 Å². The van der Waals surface area contributed by atoms with Crippen molar-refractivity contribution in [3.63, 3.8) is 0 Å². The average molecular weight is 407 g/mol. The Kier molecular flexibility index (Phi) is 3.54. The van der Waals surface area contributed by atoms with Crippen LogP contribution in [0, 0.1) is 11.8 Å². The van der Waals surface area contributed by atoms with Crippen LogP contribution in [0.1, 0.15) is 52.4 Å². The van der Waals surface area contributed by atoms with Gasteiger partial charge in [0.05, 0.1) is 17.5 Å². The maximum Gasteiger partial charge on any atom is 0.238 e. The standard InChI is InChI=1S/C27H21NO3/c1-15(29)16-8-7-9-17(14-16)28-25(30)23-22-18-10-3-5-12-20(18)27(2,24(23)26(28)31)21-13-6-4-11-19(21)22/h3-14,22-24H,1-2H3/t22?,23-,24-,27?/m1/s1. The van der Waals surface area contributed by atoms with E-state index in [1.54, 1.807) is 24.3 Å². The Labute approximate surface area is 180 Å². The third-order valence-corrected chi connectivity index (χ3v) is 7.55. The summed E-state index contributed by atoms with van der Waals surface area (Å²) in [5, 5.41) is 0. The van der Waals surface area contributed by atoms with Gasteiger partial charge in [0.25, 0.3) is 0 Å². The number of hydrogen-bond acceptors (Lipinski definition) is 3. The first kappa shape index (κ1) is 18.3. The lowest BCUT2D eigenvalue weighted by Gasteiger charge is -2.52. The minimum Gasteiger partial charge on any atom is -0.295 e. The molecular weight excluding hydrogens is 386 g/mol. The molecule has 3 aromatic carbocycles. The average Bonchev–Trinajstić information content (AvgIpc) is 3.06. The van der Waals surface area contributed by atoms with Crippen LogP contribution in [0.15, 0.2) is 72.8 Å². The highest BCUT2D eigenvalue weighted by atomic mass is 16.2. The largest absolute Gasteiger partial charge is 0.295 e. The fraction of sp³-hybridized carbons (Fsp3) is 0.222. The monoisotopic (exact) mass is 407 g/mol. The number of benzene rings is 3. The fourth-order valence-corrected chi connectivity index (χ4v) is 6.27. The highest BCUT2D eigenvalue weighted by Gasteiger charge is 2.66. The molecule has 0 spiro atoms. The second kappa shape index (κ2) is 6.01. The molecule has 1 saturated heterocycles. The molecule has 0 aromatic heterocycles. The van der Waals surface area contributed by atoms with Gasteiger partial charge in [-0.2, -0.15) is 0 Å². The van der Waals surface area contributed by atoms with Gasteiger partial charge in [-0.25, -0.2) is 4.90 Å². The molecule has 4 heteroatoms. The molecule has 31 heavy (non-hydrogen) atoms. The van der Waals surface area contributed by atoms with Gasteiger partial charge >= 0.3 is 0 Å². The lowest BCUT2D eigenvalue weighted by Crippen LogP contribution is -2.51. The molecule has 3 aromatic rings. The van der Waals surface area contributed by atoms with Gasteiger partial charge in [-0.15, -0.1) is 0 Å². The van der Waals surface area contributed by atoms with Crippen molar-refractivity contribution >= 4 is 23.3 Å². The predicted octanol–water partition coefficient (Wildman–Crippen LogP) is 4.46. The number of anilines is 1. The SMILES string of the molecule is CC(=O)c1cccc(N2C(=O)[C@@H]3C4c5ccccc5C(C)(c5ccccc54)[C@H]3C2=O)c1. The highest BCUT2D eigenvalue weighted by molar-refractivity contribution is 6.24. The predicted molar refractivity (Wildman–Crippen MR) is 117 cm³/mol. The van der Waals surface area contributed by atoms with Crippen LogP contribution in [0.2, 0.25) is 0 Å². The van der Waals surface area contributed by atoms with Gasteiger partial charge in [0.2, 0.25) is 11.8 Å². The van der Waals surface area contributed by atoms with Crippen molar-refractivity contribution in [1.29, 1.82) is 0 Å².